The van der Waals surface area contributed by atoms with E-state index in [1.165, 1.54) is 12.0 Å². The molecule has 0 rings (SSSR count). The first-order valence-electron chi connectivity index (χ1n) is 4.32. The molecule has 0 saturated carbocycles. The summed E-state index contributed by atoms with van der Waals surface area (Å²) in [7, 11) is 0. The molecular formula is C11H20. The Labute approximate surface area is 71.0 Å². The average molecular weight is 152 g/mol. The first-order valence-corrected chi connectivity index (χ1v) is 4.32. The summed E-state index contributed by atoms with van der Waals surface area (Å²) in [5.74, 6) is 0. The summed E-state index contributed by atoms with van der Waals surface area (Å²) in [6, 6.07) is 0. The van der Waals surface area contributed by atoms with Crippen LogP contribution in [-0.2, 0) is 0 Å². The summed E-state index contributed by atoms with van der Waals surface area (Å²) >= 11 is 0. The van der Waals surface area contributed by atoms with E-state index in [0.717, 1.165) is 6.42 Å². The van der Waals surface area contributed by atoms with E-state index in [1.54, 1.807) is 0 Å². The van der Waals surface area contributed by atoms with Crippen LogP contribution in [0.15, 0.2) is 24.3 Å². The molecule has 0 heterocycles. The lowest BCUT2D eigenvalue weighted by Gasteiger charge is -2.11. The lowest BCUT2D eigenvalue weighted by atomic mass is 9.95. The predicted molar refractivity (Wildman–Crippen MR) is 52.6 cm³/mol. The van der Waals surface area contributed by atoms with E-state index >= 15 is 0 Å². The van der Waals surface area contributed by atoms with Gasteiger partial charge >= 0.3 is 0 Å². The van der Waals surface area contributed by atoms with Crippen LogP contribution in [0.3, 0.4) is 0 Å². The van der Waals surface area contributed by atoms with Crippen molar-refractivity contribution in [3.05, 3.63) is 24.3 Å². The van der Waals surface area contributed by atoms with Crippen LogP contribution in [-0.4, -0.2) is 0 Å². The number of hydrogen-bond donors (Lipinski definition) is 0. The Balaban J connectivity index is 3.83. The van der Waals surface area contributed by atoms with Gasteiger partial charge in [-0.2, -0.15) is 0 Å². The molecule has 0 bridgehead atoms. The zero-order valence-electron chi connectivity index (χ0n) is 8.28. The molecule has 0 saturated heterocycles. The summed E-state index contributed by atoms with van der Waals surface area (Å²) in [4.78, 5) is 0. The molecule has 0 atom stereocenters. The fourth-order valence-corrected chi connectivity index (χ4v) is 0.772. The van der Waals surface area contributed by atoms with E-state index in [0.29, 0.717) is 0 Å². The minimum atomic E-state index is 0.288. The fourth-order valence-electron chi connectivity index (χ4n) is 0.772. The highest BCUT2D eigenvalue weighted by atomic mass is 14.1. The van der Waals surface area contributed by atoms with Crippen LogP contribution < -0.4 is 0 Å². The largest absolute Gasteiger partial charge is 0.0958 e. The molecule has 0 aliphatic rings. The molecule has 64 valence electrons. The highest BCUT2D eigenvalue weighted by molar-refractivity contribution is 5.15. The van der Waals surface area contributed by atoms with E-state index in [-0.39, 0.29) is 5.41 Å². The van der Waals surface area contributed by atoms with Crippen molar-refractivity contribution >= 4 is 0 Å². The van der Waals surface area contributed by atoms with E-state index < -0.39 is 0 Å². The van der Waals surface area contributed by atoms with Crippen molar-refractivity contribution in [3.8, 4) is 0 Å². The Morgan fingerprint density at radius 2 is 1.91 bits per heavy atom. The van der Waals surface area contributed by atoms with Crippen molar-refractivity contribution in [3.63, 3.8) is 0 Å². The number of hydrogen-bond acceptors (Lipinski definition) is 0. The smallest absolute Gasteiger partial charge is 0.0200 e. The third-order valence-corrected chi connectivity index (χ3v) is 1.39. The second kappa shape index (κ2) is 4.38. The molecule has 0 spiro atoms. The van der Waals surface area contributed by atoms with Gasteiger partial charge in [0.15, 0.2) is 0 Å². The minimum Gasteiger partial charge on any atom is -0.0958 e. The molecule has 0 aliphatic carbocycles. The summed E-state index contributed by atoms with van der Waals surface area (Å²) in [5.41, 5.74) is 1.53. The van der Waals surface area contributed by atoms with Gasteiger partial charge < -0.3 is 0 Å². The van der Waals surface area contributed by atoms with Crippen molar-refractivity contribution in [1.82, 2.24) is 0 Å². The molecule has 0 amide bonds. The van der Waals surface area contributed by atoms with Gasteiger partial charge in [0.25, 0.3) is 0 Å². The maximum absolute atomic E-state index is 3.96. The Bertz CT molecular complexity index is 144. The Morgan fingerprint density at radius 1 is 1.36 bits per heavy atom. The fraction of sp³-hybridized carbons (Fsp3) is 0.636. The highest BCUT2D eigenvalue weighted by Crippen LogP contribution is 2.16. The van der Waals surface area contributed by atoms with Crippen LogP contribution in [0.5, 0.6) is 0 Å². The van der Waals surface area contributed by atoms with E-state index in [1.807, 2.05) is 0 Å². The molecule has 0 fully saturated rings. The van der Waals surface area contributed by atoms with Gasteiger partial charge in [-0.1, -0.05) is 58.4 Å². The van der Waals surface area contributed by atoms with Gasteiger partial charge in [-0.05, 0) is 11.8 Å². The second-order valence-corrected chi connectivity index (χ2v) is 4.11. The van der Waals surface area contributed by atoms with Crippen molar-refractivity contribution < 1.29 is 0 Å². The molecular weight excluding hydrogens is 132 g/mol. The average Bonchev–Trinajstić information content (AvgIpc) is 1.83. The highest BCUT2D eigenvalue weighted by Gasteiger charge is 2.02. The summed E-state index contributed by atoms with van der Waals surface area (Å²) in [6.45, 7) is 12.7. The predicted octanol–water partition coefficient (Wildman–Crippen LogP) is 3.95. The van der Waals surface area contributed by atoms with Gasteiger partial charge in [-0.3, -0.25) is 0 Å². The zero-order chi connectivity index (χ0) is 8.91. The van der Waals surface area contributed by atoms with Crippen molar-refractivity contribution in [2.75, 3.05) is 0 Å². The van der Waals surface area contributed by atoms with Crippen LogP contribution in [0.4, 0.5) is 0 Å². The quantitative estimate of drug-likeness (QED) is 0.537. The van der Waals surface area contributed by atoms with E-state index in [2.05, 4.69) is 46.4 Å². The molecule has 0 aromatic heterocycles. The molecule has 0 N–H and O–H groups in total. The van der Waals surface area contributed by atoms with Gasteiger partial charge in [0, 0.05) is 0 Å². The molecule has 0 nitrogen and oxygen atoms in total. The van der Waals surface area contributed by atoms with Gasteiger partial charge in [-0.25, -0.2) is 0 Å². The summed E-state index contributed by atoms with van der Waals surface area (Å²) in [6.07, 6.45) is 6.66. The number of allylic oxidation sites excluding steroid dienone is 3. The molecule has 0 aromatic carbocycles. The lowest BCUT2D eigenvalue weighted by Crippen LogP contribution is -1.98. The summed E-state index contributed by atoms with van der Waals surface area (Å²) < 4.78 is 0. The third kappa shape index (κ3) is 7.38. The molecule has 0 radical (unpaired) electrons. The Hall–Kier alpha value is -0.520. The first-order chi connectivity index (χ1) is 4.95. The molecule has 0 unspecified atom stereocenters. The second-order valence-electron chi connectivity index (χ2n) is 4.11. The van der Waals surface area contributed by atoms with Crippen LogP contribution >= 0.6 is 0 Å². The van der Waals surface area contributed by atoms with Gasteiger partial charge in [-0.15, -0.1) is 0 Å². The van der Waals surface area contributed by atoms with Crippen molar-refractivity contribution in [1.29, 1.82) is 0 Å². The molecule has 0 heteroatoms. The van der Waals surface area contributed by atoms with Crippen LogP contribution in [0.1, 0.15) is 40.5 Å². The topological polar surface area (TPSA) is 0 Å². The van der Waals surface area contributed by atoms with Crippen molar-refractivity contribution in [2.45, 2.75) is 40.5 Å². The maximum atomic E-state index is 3.96. The standard InChI is InChI=1S/C11H20/c1-6-7-10(2)8-9-11(3,4)5/h8-9H,2,6-7H2,1,3-5H3/b9-8-. The summed E-state index contributed by atoms with van der Waals surface area (Å²) in [5, 5.41) is 0. The van der Waals surface area contributed by atoms with Crippen molar-refractivity contribution in [2.24, 2.45) is 5.41 Å². The SMILES string of the molecule is C=C(/C=C\C(C)(C)C)CCC. The van der Waals surface area contributed by atoms with Gasteiger partial charge in [0.1, 0.15) is 0 Å². The van der Waals surface area contributed by atoms with Gasteiger partial charge in [0.05, 0.1) is 0 Å². The zero-order valence-corrected chi connectivity index (χ0v) is 8.28. The normalized spacial score (nSPS) is 12.4. The van der Waals surface area contributed by atoms with E-state index in [9.17, 15) is 0 Å². The maximum Gasteiger partial charge on any atom is -0.0200 e. The number of rotatable bonds is 3. The van der Waals surface area contributed by atoms with E-state index in [4.69, 9.17) is 0 Å². The Kier molecular flexibility index (Phi) is 4.17. The first kappa shape index (κ1) is 10.5. The molecule has 0 aromatic rings. The van der Waals surface area contributed by atoms with Gasteiger partial charge in [0.2, 0.25) is 0 Å². The lowest BCUT2D eigenvalue weighted by molar-refractivity contribution is 0.543. The van der Waals surface area contributed by atoms with Crippen LogP contribution in [0, 0.1) is 5.41 Å². The van der Waals surface area contributed by atoms with Crippen LogP contribution in [0.25, 0.3) is 0 Å². The monoisotopic (exact) mass is 152 g/mol. The minimum absolute atomic E-state index is 0.288. The van der Waals surface area contributed by atoms with Crippen LogP contribution in [0.2, 0.25) is 0 Å². The molecule has 11 heavy (non-hydrogen) atoms. The molecule has 0 aliphatic heterocycles. The Morgan fingerprint density at radius 3 is 2.27 bits per heavy atom. The third-order valence-electron chi connectivity index (χ3n) is 1.39.